The number of esters is 1. The van der Waals surface area contributed by atoms with Crippen LogP contribution in [0.5, 0.6) is 0 Å². The van der Waals surface area contributed by atoms with Crippen LogP contribution >= 0.6 is 0 Å². The Morgan fingerprint density at radius 2 is 1.90 bits per heavy atom. The van der Waals surface area contributed by atoms with Gasteiger partial charge in [0.1, 0.15) is 6.54 Å². The molecular weight excluding hydrogens is 254 g/mol. The number of amides is 1. The predicted molar refractivity (Wildman–Crippen MR) is 75.8 cm³/mol. The van der Waals surface area contributed by atoms with Crippen molar-refractivity contribution in [1.82, 2.24) is 4.90 Å². The number of nitrogens with zero attached hydrogens (tertiary/aromatic N) is 1. The highest BCUT2D eigenvalue weighted by Gasteiger charge is 2.47. The molecule has 0 N–H and O–H groups in total. The second-order valence-electron chi connectivity index (χ2n) is 5.51. The summed E-state index contributed by atoms with van der Waals surface area (Å²) in [6.07, 6.45) is 1.81. The van der Waals surface area contributed by atoms with Crippen LogP contribution in [0.15, 0.2) is 30.3 Å². The lowest BCUT2D eigenvalue weighted by Gasteiger charge is -2.25. The lowest BCUT2D eigenvalue weighted by molar-refractivity contribution is -0.151. The van der Waals surface area contributed by atoms with Crippen molar-refractivity contribution >= 4 is 11.9 Å². The van der Waals surface area contributed by atoms with Crippen LogP contribution in [0, 0.1) is 5.41 Å². The molecule has 0 spiro atoms. The molecule has 0 saturated heterocycles. The Morgan fingerprint density at radius 3 is 2.45 bits per heavy atom. The van der Waals surface area contributed by atoms with Crippen molar-refractivity contribution in [3.8, 4) is 0 Å². The Bertz CT molecular complexity index is 480. The summed E-state index contributed by atoms with van der Waals surface area (Å²) in [5.74, 6) is -0.296. The number of hydrogen-bond donors (Lipinski definition) is 0. The topological polar surface area (TPSA) is 46.6 Å². The van der Waals surface area contributed by atoms with Crippen LogP contribution in [-0.4, -0.2) is 29.9 Å². The average Bonchev–Trinajstić information content (AvgIpc) is 3.18. The molecule has 108 valence electrons. The minimum atomic E-state index is -0.346. The van der Waals surface area contributed by atoms with Gasteiger partial charge in [-0.25, -0.2) is 0 Å². The molecule has 1 aliphatic rings. The van der Waals surface area contributed by atoms with E-state index in [-0.39, 0.29) is 23.8 Å². The molecule has 0 unspecified atom stereocenters. The van der Waals surface area contributed by atoms with E-state index in [9.17, 15) is 9.59 Å². The molecule has 1 aromatic rings. The highest BCUT2D eigenvalue weighted by molar-refractivity contribution is 5.88. The van der Waals surface area contributed by atoms with E-state index in [0.717, 1.165) is 18.4 Å². The molecule has 0 bridgehead atoms. The predicted octanol–water partition coefficient (Wildman–Crippen LogP) is 2.38. The van der Waals surface area contributed by atoms with Gasteiger partial charge in [-0.3, -0.25) is 9.59 Å². The summed E-state index contributed by atoms with van der Waals surface area (Å²) in [6, 6.07) is 9.72. The highest BCUT2D eigenvalue weighted by atomic mass is 16.5. The van der Waals surface area contributed by atoms with Crippen molar-refractivity contribution in [3.05, 3.63) is 35.9 Å². The minimum Gasteiger partial charge on any atom is -0.465 e. The van der Waals surface area contributed by atoms with E-state index in [0.29, 0.717) is 13.2 Å². The fourth-order valence-electron chi connectivity index (χ4n) is 2.15. The van der Waals surface area contributed by atoms with Crippen molar-refractivity contribution in [1.29, 1.82) is 0 Å². The summed E-state index contributed by atoms with van der Waals surface area (Å²) < 4.78 is 4.96. The maximum absolute atomic E-state index is 12.5. The SMILES string of the molecule is CCOC(=O)CN(Cc1ccccc1)C(=O)C1(C)CC1. The van der Waals surface area contributed by atoms with E-state index in [1.807, 2.05) is 37.3 Å². The highest BCUT2D eigenvalue weighted by Crippen LogP contribution is 2.46. The maximum Gasteiger partial charge on any atom is 0.325 e. The monoisotopic (exact) mass is 275 g/mol. The van der Waals surface area contributed by atoms with Crippen LogP contribution in [0.25, 0.3) is 0 Å². The lowest BCUT2D eigenvalue weighted by atomic mass is 10.1. The van der Waals surface area contributed by atoms with Crippen molar-refractivity contribution < 1.29 is 14.3 Å². The third kappa shape index (κ3) is 3.59. The summed E-state index contributed by atoms with van der Waals surface area (Å²) in [7, 11) is 0. The molecule has 1 fully saturated rings. The molecule has 0 atom stereocenters. The number of benzene rings is 1. The van der Waals surface area contributed by atoms with Gasteiger partial charge in [-0.05, 0) is 25.3 Å². The second kappa shape index (κ2) is 6.07. The first kappa shape index (κ1) is 14.6. The normalized spacial score (nSPS) is 15.5. The molecule has 0 heterocycles. The van der Waals surface area contributed by atoms with Gasteiger partial charge in [0.05, 0.1) is 6.61 Å². The van der Waals surface area contributed by atoms with Crippen molar-refractivity contribution in [3.63, 3.8) is 0 Å². The Labute approximate surface area is 119 Å². The Hall–Kier alpha value is -1.84. The first-order valence-corrected chi connectivity index (χ1v) is 7.04. The first-order valence-electron chi connectivity index (χ1n) is 7.04. The van der Waals surface area contributed by atoms with E-state index in [1.54, 1.807) is 11.8 Å². The van der Waals surface area contributed by atoms with E-state index >= 15 is 0 Å². The first-order chi connectivity index (χ1) is 9.55. The fourth-order valence-corrected chi connectivity index (χ4v) is 2.15. The van der Waals surface area contributed by atoms with Gasteiger partial charge in [-0.1, -0.05) is 37.3 Å². The van der Waals surface area contributed by atoms with E-state index < -0.39 is 0 Å². The average molecular weight is 275 g/mol. The Balaban J connectivity index is 2.07. The van der Waals surface area contributed by atoms with Gasteiger partial charge in [0, 0.05) is 12.0 Å². The fraction of sp³-hybridized carbons (Fsp3) is 0.500. The summed E-state index contributed by atoms with van der Waals surface area (Å²) >= 11 is 0. The zero-order valence-electron chi connectivity index (χ0n) is 12.1. The molecule has 2 rings (SSSR count). The molecule has 1 saturated carbocycles. The smallest absolute Gasteiger partial charge is 0.325 e. The van der Waals surface area contributed by atoms with Crippen LogP contribution in [0.1, 0.15) is 32.3 Å². The van der Waals surface area contributed by atoms with Crippen LogP contribution < -0.4 is 0 Å². The quantitative estimate of drug-likeness (QED) is 0.749. The van der Waals surface area contributed by atoms with Gasteiger partial charge in [-0.15, -0.1) is 0 Å². The standard InChI is InChI=1S/C16H21NO3/c1-3-20-14(18)12-17(15(19)16(2)9-10-16)11-13-7-5-4-6-8-13/h4-8H,3,9-12H2,1-2H3. The van der Waals surface area contributed by atoms with E-state index in [4.69, 9.17) is 4.74 Å². The summed E-state index contributed by atoms with van der Waals surface area (Å²) in [5, 5.41) is 0. The van der Waals surface area contributed by atoms with Gasteiger partial charge >= 0.3 is 5.97 Å². The largest absolute Gasteiger partial charge is 0.465 e. The van der Waals surface area contributed by atoms with Crippen molar-refractivity contribution in [2.75, 3.05) is 13.2 Å². The van der Waals surface area contributed by atoms with E-state index in [2.05, 4.69) is 0 Å². The van der Waals surface area contributed by atoms with Gasteiger partial charge in [0.15, 0.2) is 0 Å². The molecule has 1 aliphatic carbocycles. The van der Waals surface area contributed by atoms with Crippen molar-refractivity contribution in [2.45, 2.75) is 33.2 Å². The molecule has 1 aromatic carbocycles. The number of carbonyl (C=O) groups is 2. The zero-order chi connectivity index (χ0) is 14.6. The molecule has 0 aromatic heterocycles. The van der Waals surface area contributed by atoms with Gasteiger partial charge < -0.3 is 9.64 Å². The number of rotatable bonds is 6. The molecular formula is C16H21NO3. The molecule has 0 aliphatic heterocycles. The third-order valence-electron chi connectivity index (χ3n) is 3.65. The summed E-state index contributed by atoms with van der Waals surface area (Å²) in [6.45, 7) is 4.54. The molecule has 1 amide bonds. The summed E-state index contributed by atoms with van der Waals surface area (Å²) in [4.78, 5) is 25.8. The molecule has 4 heteroatoms. The Kier molecular flexibility index (Phi) is 4.42. The van der Waals surface area contributed by atoms with E-state index in [1.165, 1.54) is 0 Å². The number of carbonyl (C=O) groups excluding carboxylic acids is 2. The molecule has 4 nitrogen and oxygen atoms in total. The maximum atomic E-state index is 12.5. The zero-order valence-corrected chi connectivity index (χ0v) is 12.1. The van der Waals surface area contributed by atoms with Gasteiger partial charge in [-0.2, -0.15) is 0 Å². The number of ether oxygens (including phenoxy) is 1. The van der Waals surface area contributed by atoms with Crippen molar-refractivity contribution in [2.24, 2.45) is 5.41 Å². The summed E-state index contributed by atoms with van der Waals surface area (Å²) in [5.41, 5.74) is 0.746. The minimum absolute atomic E-state index is 0.0250. The van der Waals surface area contributed by atoms with Crippen LogP contribution in [0.2, 0.25) is 0 Å². The van der Waals surface area contributed by atoms with Crippen LogP contribution in [0.4, 0.5) is 0 Å². The number of hydrogen-bond acceptors (Lipinski definition) is 3. The van der Waals surface area contributed by atoms with Crippen LogP contribution in [0.3, 0.4) is 0 Å². The third-order valence-corrected chi connectivity index (χ3v) is 3.65. The van der Waals surface area contributed by atoms with Gasteiger partial charge in [0.2, 0.25) is 5.91 Å². The molecule has 0 radical (unpaired) electrons. The second-order valence-corrected chi connectivity index (χ2v) is 5.51. The van der Waals surface area contributed by atoms with Crippen LogP contribution in [-0.2, 0) is 20.9 Å². The molecule has 20 heavy (non-hydrogen) atoms. The van der Waals surface area contributed by atoms with Gasteiger partial charge in [0.25, 0.3) is 0 Å². The Morgan fingerprint density at radius 1 is 1.25 bits per heavy atom. The lowest BCUT2D eigenvalue weighted by Crippen LogP contribution is -2.39.